The summed E-state index contributed by atoms with van der Waals surface area (Å²) in [4.78, 5) is 15.6. The number of amides is 1. The van der Waals surface area contributed by atoms with Crippen molar-refractivity contribution in [3.05, 3.63) is 17.3 Å². The highest BCUT2D eigenvalue weighted by atomic mass is 35.5. The Morgan fingerprint density at radius 2 is 2.22 bits per heavy atom. The maximum atomic E-state index is 12.4. The lowest BCUT2D eigenvalue weighted by Gasteiger charge is -2.39. The van der Waals surface area contributed by atoms with Crippen LogP contribution in [0.1, 0.15) is 32.6 Å². The summed E-state index contributed by atoms with van der Waals surface area (Å²) in [5, 5.41) is 0.116. The van der Waals surface area contributed by atoms with Gasteiger partial charge in [-0.3, -0.25) is 4.79 Å². The van der Waals surface area contributed by atoms with Gasteiger partial charge in [-0.25, -0.2) is 18.1 Å². The second-order valence-corrected chi connectivity index (χ2v) is 8.19. The standard InChI is InChI=1S/C14H20ClN3O4S/c1-14(4-3-5-14)7-10(16)12(19)18-23(20,21)11-6-9(15)8-17-13(11)22-2/h6,8,10H,3-5,7,16H2,1-2H3,(H,18,19). The number of pyridine rings is 1. The Morgan fingerprint density at radius 1 is 1.57 bits per heavy atom. The van der Waals surface area contributed by atoms with Crippen molar-refractivity contribution >= 4 is 27.5 Å². The smallest absolute Gasteiger partial charge is 0.269 e. The number of carbonyl (C=O) groups is 1. The fourth-order valence-electron chi connectivity index (χ4n) is 2.63. The summed E-state index contributed by atoms with van der Waals surface area (Å²) < 4.78 is 31.6. The van der Waals surface area contributed by atoms with Crippen molar-refractivity contribution in [3.8, 4) is 5.88 Å². The van der Waals surface area contributed by atoms with Crippen LogP contribution in [0.2, 0.25) is 5.02 Å². The lowest BCUT2D eigenvalue weighted by Crippen LogP contribution is -2.46. The molecule has 9 heteroatoms. The van der Waals surface area contributed by atoms with Gasteiger partial charge in [-0.2, -0.15) is 0 Å². The summed E-state index contributed by atoms with van der Waals surface area (Å²) in [6, 6.07) is 0.273. The number of nitrogens with two attached hydrogens (primary N) is 1. The Balaban J connectivity index is 2.14. The van der Waals surface area contributed by atoms with E-state index < -0.39 is 22.0 Å². The average Bonchev–Trinajstić information content (AvgIpc) is 2.45. The van der Waals surface area contributed by atoms with Gasteiger partial charge in [0, 0.05) is 6.20 Å². The first-order valence-electron chi connectivity index (χ1n) is 7.19. The molecule has 7 nitrogen and oxygen atoms in total. The van der Waals surface area contributed by atoms with Gasteiger partial charge >= 0.3 is 0 Å². The van der Waals surface area contributed by atoms with E-state index in [0.29, 0.717) is 6.42 Å². The molecule has 1 fully saturated rings. The number of nitrogens with zero attached hydrogens (tertiary/aromatic N) is 1. The number of sulfonamides is 1. The van der Waals surface area contributed by atoms with Crippen LogP contribution in [0.5, 0.6) is 5.88 Å². The van der Waals surface area contributed by atoms with E-state index in [9.17, 15) is 13.2 Å². The van der Waals surface area contributed by atoms with Crippen LogP contribution >= 0.6 is 11.6 Å². The molecule has 0 bridgehead atoms. The average molecular weight is 362 g/mol. The van der Waals surface area contributed by atoms with Crippen LogP contribution in [0.15, 0.2) is 17.2 Å². The predicted molar refractivity (Wildman–Crippen MR) is 85.7 cm³/mol. The minimum Gasteiger partial charge on any atom is -0.480 e. The molecule has 1 atom stereocenters. The maximum absolute atomic E-state index is 12.4. The van der Waals surface area contributed by atoms with Gasteiger partial charge in [-0.1, -0.05) is 24.9 Å². The zero-order chi connectivity index (χ0) is 17.3. The van der Waals surface area contributed by atoms with Gasteiger partial charge in [0.2, 0.25) is 5.88 Å². The molecule has 1 amide bonds. The van der Waals surface area contributed by atoms with Gasteiger partial charge in [-0.05, 0) is 30.7 Å². The van der Waals surface area contributed by atoms with E-state index in [1.165, 1.54) is 19.4 Å². The first kappa shape index (κ1) is 18.0. The van der Waals surface area contributed by atoms with Crippen molar-refractivity contribution in [2.45, 2.75) is 43.5 Å². The Morgan fingerprint density at radius 3 is 2.74 bits per heavy atom. The number of ether oxygens (including phenoxy) is 1. The number of halogens is 1. The van der Waals surface area contributed by atoms with Gasteiger partial charge in [-0.15, -0.1) is 0 Å². The van der Waals surface area contributed by atoms with Crippen molar-refractivity contribution < 1.29 is 17.9 Å². The van der Waals surface area contributed by atoms with E-state index in [4.69, 9.17) is 22.1 Å². The number of rotatable bonds is 6. The van der Waals surface area contributed by atoms with Gasteiger partial charge in [0.05, 0.1) is 18.2 Å². The molecular weight excluding hydrogens is 342 g/mol. The van der Waals surface area contributed by atoms with Crippen LogP contribution in [-0.4, -0.2) is 32.5 Å². The summed E-state index contributed by atoms with van der Waals surface area (Å²) in [7, 11) is -2.89. The minimum absolute atomic E-state index is 0.00974. The molecule has 3 N–H and O–H groups in total. The quantitative estimate of drug-likeness (QED) is 0.793. The van der Waals surface area contributed by atoms with E-state index in [1.807, 2.05) is 11.6 Å². The topological polar surface area (TPSA) is 111 Å². The first-order chi connectivity index (χ1) is 10.7. The van der Waals surface area contributed by atoms with Crippen molar-refractivity contribution in [1.82, 2.24) is 9.71 Å². The third-order valence-corrected chi connectivity index (χ3v) is 5.66. The highest BCUT2D eigenvalue weighted by Gasteiger charge is 2.36. The molecule has 1 aromatic rings. The number of nitrogens with one attached hydrogen (secondary N) is 1. The van der Waals surface area contributed by atoms with Crippen molar-refractivity contribution in [2.24, 2.45) is 11.1 Å². The van der Waals surface area contributed by atoms with E-state index >= 15 is 0 Å². The molecule has 23 heavy (non-hydrogen) atoms. The van der Waals surface area contributed by atoms with Crippen LogP contribution in [-0.2, 0) is 14.8 Å². The number of hydrogen-bond acceptors (Lipinski definition) is 6. The molecule has 0 saturated heterocycles. The van der Waals surface area contributed by atoms with Crippen LogP contribution in [0, 0.1) is 5.41 Å². The molecule has 1 unspecified atom stereocenters. The largest absolute Gasteiger partial charge is 0.480 e. The molecule has 1 saturated carbocycles. The predicted octanol–water partition coefficient (Wildman–Crippen LogP) is 1.46. The van der Waals surface area contributed by atoms with Crippen LogP contribution in [0.3, 0.4) is 0 Å². The Labute approximate surface area is 140 Å². The molecular formula is C14H20ClN3O4S. The molecule has 0 aliphatic heterocycles. The zero-order valence-electron chi connectivity index (χ0n) is 13.0. The van der Waals surface area contributed by atoms with Gasteiger partial charge in [0.25, 0.3) is 15.9 Å². The molecule has 1 aliphatic rings. The normalized spacial score (nSPS) is 17.9. The van der Waals surface area contributed by atoms with Crippen molar-refractivity contribution in [3.63, 3.8) is 0 Å². The highest BCUT2D eigenvalue weighted by molar-refractivity contribution is 7.90. The minimum atomic E-state index is -4.17. The van der Waals surface area contributed by atoms with Gasteiger partial charge in [0.1, 0.15) is 0 Å². The number of carbonyl (C=O) groups excluding carboxylic acids is 1. The van der Waals surface area contributed by atoms with Crippen molar-refractivity contribution in [2.75, 3.05) is 7.11 Å². The molecule has 0 aromatic carbocycles. The molecule has 128 valence electrons. The van der Waals surface area contributed by atoms with E-state index in [-0.39, 0.29) is 21.2 Å². The van der Waals surface area contributed by atoms with E-state index in [0.717, 1.165) is 19.3 Å². The third-order valence-electron chi connectivity index (χ3n) is 4.11. The lowest BCUT2D eigenvalue weighted by molar-refractivity contribution is -0.121. The number of hydrogen-bond donors (Lipinski definition) is 2. The van der Waals surface area contributed by atoms with Crippen LogP contribution in [0.25, 0.3) is 0 Å². The van der Waals surface area contributed by atoms with Gasteiger partial charge < -0.3 is 10.5 Å². The first-order valence-corrected chi connectivity index (χ1v) is 9.05. The molecule has 2 rings (SSSR count). The molecule has 1 aliphatic carbocycles. The zero-order valence-corrected chi connectivity index (χ0v) is 14.6. The second kappa shape index (κ2) is 6.62. The molecule has 0 radical (unpaired) electrons. The Bertz CT molecular complexity index is 704. The number of methoxy groups -OCH3 is 1. The fourth-order valence-corrected chi connectivity index (χ4v) is 4.02. The Kier molecular flexibility index (Phi) is 5.17. The van der Waals surface area contributed by atoms with Crippen LogP contribution < -0.4 is 15.2 Å². The molecule has 1 heterocycles. The van der Waals surface area contributed by atoms with Crippen molar-refractivity contribution in [1.29, 1.82) is 0 Å². The fraction of sp³-hybridized carbons (Fsp3) is 0.571. The highest BCUT2D eigenvalue weighted by Crippen LogP contribution is 2.43. The monoisotopic (exact) mass is 361 g/mol. The summed E-state index contributed by atoms with van der Waals surface area (Å²) in [5.74, 6) is -0.894. The van der Waals surface area contributed by atoms with Gasteiger partial charge in [0.15, 0.2) is 4.90 Å². The second-order valence-electron chi connectivity index (χ2n) is 6.11. The van der Waals surface area contributed by atoms with E-state index in [2.05, 4.69) is 4.98 Å². The van der Waals surface area contributed by atoms with E-state index in [1.54, 1.807) is 0 Å². The van der Waals surface area contributed by atoms with Crippen LogP contribution in [0.4, 0.5) is 0 Å². The molecule has 0 spiro atoms. The summed E-state index contributed by atoms with van der Waals surface area (Å²) in [6.07, 6.45) is 4.79. The summed E-state index contributed by atoms with van der Waals surface area (Å²) >= 11 is 5.77. The number of aromatic nitrogens is 1. The third kappa shape index (κ3) is 4.13. The SMILES string of the molecule is COc1ncc(Cl)cc1S(=O)(=O)NC(=O)C(N)CC1(C)CCC1. The summed E-state index contributed by atoms with van der Waals surface area (Å²) in [6.45, 7) is 2.04. The molecule has 1 aromatic heterocycles. The summed E-state index contributed by atoms with van der Waals surface area (Å²) in [5.41, 5.74) is 5.86. The Hall–Kier alpha value is -1.38. The maximum Gasteiger partial charge on any atom is 0.269 e. The lowest BCUT2D eigenvalue weighted by atomic mass is 9.67.